The normalized spacial score (nSPS) is 11.9. The van der Waals surface area contributed by atoms with Crippen LogP contribution in [0.5, 0.6) is 0 Å². The molecule has 0 aliphatic carbocycles. The maximum Gasteiger partial charge on any atom is 0.425 e. The van der Waals surface area contributed by atoms with Crippen molar-refractivity contribution in [3.05, 3.63) is 34.7 Å². The van der Waals surface area contributed by atoms with E-state index in [4.69, 9.17) is 5.11 Å². The number of carboxylic acids is 1. The molecular formula is C13H11F3O2S. The molecule has 0 atom stereocenters. The highest BCUT2D eigenvalue weighted by Crippen LogP contribution is 2.38. The van der Waals surface area contributed by atoms with Crippen LogP contribution in [0.4, 0.5) is 13.2 Å². The molecule has 0 amide bonds. The quantitative estimate of drug-likeness (QED) is 0.909. The minimum absolute atomic E-state index is 0.0650. The monoisotopic (exact) mass is 288 g/mol. The maximum atomic E-state index is 12.6. The number of rotatable bonds is 4. The van der Waals surface area contributed by atoms with Gasteiger partial charge in [0.15, 0.2) is 0 Å². The fourth-order valence-electron chi connectivity index (χ4n) is 1.83. The molecule has 0 aliphatic heterocycles. The van der Waals surface area contributed by atoms with Gasteiger partial charge in [-0.25, -0.2) is 0 Å². The van der Waals surface area contributed by atoms with E-state index < -0.39 is 17.0 Å². The number of aliphatic carboxylic acids is 1. The zero-order valence-electron chi connectivity index (χ0n) is 9.83. The molecule has 1 N–H and O–H groups in total. The van der Waals surface area contributed by atoms with Crippen molar-refractivity contribution in [1.29, 1.82) is 0 Å². The van der Waals surface area contributed by atoms with Crippen LogP contribution in [-0.2, 0) is 17.4 Å². The van der Waals surface area contributed by atoms with E-state index in [1.807, 2.05) is 0 Å². The largest absolute Gasteiger partial charge is 0.481 e. The molecule has 19 heavy (non-hydrogen) atoms. The Morgan fingerprint density at radius 3 is 2.63 bits per heavy atom. The van der Waals surface area contributed by atoms with Gasteiger partial charge in [-0.1, -0.05) is 12.1 Å². The average molecular weight is 288 g/mol. The summed E-state index contributed by atoms with van der Waals surface area (Å²) in [6.07, 6.45) is -3.21. The highest BCUT2D eigenvalue weighted by Gasteiger charge is 2.32. The number of fused-ring (bicyclic) bond motifs is 1. The van der Waals surface area contributed by atoms with Crippen molar-refractivity contribution in [1.82, 2.24) is 0 Å². The minimum Gasteiger partial charge on any atom is -0.481 e. The second-order valence-corrected chi connectivity index (χ2v) is 5.31. The Labute approximate surface area is 111 Å². The average Bonchev–Trinajstić information content (AvgIpc) is 2.71. The van der Waals surface area contributed by atoms with E-state index in [1.54, 1.807) is 18.2 Å². The molecule has 0 saturated heterocycles. The number of hydrogen-bond donors (Lipinski definition) is 1. The molecule has 2 aromatic rings. The summed E-state index contributed by atoms with van der Waals surface area (Å²) in [5.41, 5.74) is 0.861. The summed E-state index contributed by atoms with van der Waals surface area (Å²) >= 11 is 0.723. The van der Waals surface area contributed by atoms with Crippen molar-refractivity contribution >= 4 is 27.4 Å². The summed E-state index contributed by atoms with van der Waals surface area (Å²) in [6.45, 7) is 0. The lowest BCUT2D eigenvalue weighted by Gasteiger charge is -2.00. The zero-order chi connectivity index (χ0) is 14.0. The molecule has 102 valence electrons. The van der Waals surface area contributed by atoms with Crippen LogP contribution in [0.3, 0.4) is 0 Å². The van der Waals surface area contributed by atoms with Gasteiger partial charge in [0.2, 0.25) is 0 Å². The molecule has 2 nitrogen and oxygen atoms in total. The highest BCUT2D eigenvalue weighted by atomic mass is 32.1. The topological polar surface area (TPSA) is 37.3 Å². The first-order chi connectivity index (χ1) is 8.86. The molecule has 1 aromatic heterocycles. The molecule has 0 saturated carbocycles. The number of aryl methyl sites for hydroxylation is 1. The van der Waals surface area contributed by atoms with E-state index in [0.29, 0.717) is 22.9 Å². The number of carboxylic acid groups (broad SMARTS) is 1. The Hall–Kier alpha value is -1.56. The van der Waals surface area contributed by atoms with Gasteiger partial charge in [0.1, 0.15) is 4.88 Å². The zero-order valence-corrected chi connectivity index (χ0v) is 10.6. The van der Waals surface area contributed by atoms with Crippen molar-refractivity contribution < 1.29 is 23.1 Å². The Bertz CT molecular complexity index is 601. The lowest BCUT2D eigenvalue weighted by atomic mass is 10.1. The predicted octanol–water partition coefficient (Wildman–Crippen LogP) is 4.33. The summed E-state index contributed by atoms with van der Waals surface area (Å²) in [5, 5.41) is 9.09. The molecule has 0 radical (unpaired) electrons. The van der Waals surface area contributed by atoms with Gasteiger partial charge in [0.25, 0.3) is 0 Å². The minimum atomic E-state index is -4.31. The molecular weight excluding hydrogens is 277 g/mol. The van der Waals surface area contributed by atoms with Gasteiger partial charge in [-0.05, 0) is 35.9 Å². The van der Waals surface area contributed by atoms with Crippen LogP contribution in [0.15, 0.2) is 24.3 Å². The smallest absolute Gasteiger partial charge is 0.425 e. The van der Waals surface area contributed by atoms with Gasteiger partial charge in [0, 0.05) is 11.1 Å². The lowest BCUT2D eigenvalue weighted by molar-refractivity contribution is -0.137. The Kier molecular flexibility index (Phi) is 3.80. The second kappa shape index (κ2) is 5.21. The third-order valence-corrected chi connectivity index (χ3v) is 3.88. The van der Waals surface area contributed by atoms with Crippen molar-refractivity contribution in [2.24, 2.45) is 0 Å². The number of alkyl halides is 3. The van der Waals surface area contributed by atoms with Gasteiger partial charge >= 0.3 is 12.1 Å². The summed E-state index contributed by atoms with van der Waals surface area (Å²) in [6, 6.07) is 6.25. The Morgan fingerprint density at radius 1 is 1.26 bits per heavy atom. The first kappa shape index (κ1) is 13.9. The Morgan fingerprint density at radius 2 is 2.00 bits per heavy atom. The van der Waals surface area contributed by atoms with Crippen LogP contribution in [0, 0.1) is 0 Å². The fraction of sp³-hybridized carbons (Fsp3) is 0.308. The van der Waals surface area contributed by atoms with Gasteiger partial charge in [0.05, 0.1) is 0 Å². The summed E-state index contributed by atoms with van der Waals surface area (Å²) in [4.78, 5) is 9.79. The van der Waals surface area contributed by atoms with Gasteiger partial charge in [-0.2, -0.15) is 13.2 Å². The van der Waals surface area contributed by atoms with Crippen LogP contribution in [0.1, 0.15) is 23.3 Å². The lowest BCUT2D eigenvalue weighted by Crippen LogP contribution is -2.00. The van der Waals surface area contributed by atoms with E-state index in [9.17, 15) is 18.0 Å². The SMILES string of the molecule is O=C(O)CCCc1ccc2sc(C(F)(F)F)cc2c1. The van der Waals surface area contributed by atoms with Crippen LogP contribution < -0.4 is 0 Å². The molecule has 1 heterocycles. The van der Waals surface area contributed by atoms with Crippen LogP contribution >= 0.6 is 11.3 Å². The van der Waals surface area contributed by atoms with Gasteiger partial charge in [-0.3, -0.25) is 4.79 Å². The summed E-state index contributed by atoms with van der Waals surface area (Å²) in [7, 11) is 0. The number of carbonyl (C=O) groups is 1. The standard InChI is InChI=1S/C13H11F3O2S/c14-13(15,16)11-7-9-6-8(2-1-3-12(17)18)4-5-10(9)19-11/h4-7H,1-3H2,(H,17,18). The summed E-state index contributed by atoms with van der Waals surface area (Å²) in [5.74, 6) is -0.865. The first-order valence-electron chi connectivity index (χ1n) is 5.68. The number of halogens is 3. The third-order valence-electron chi connectivity index (χ3n) is 2.72. The third kappa shape index (κ3) is 3.47. The fourth-order valence-corrected chi connectivity index (χ4v) is 2.74. The van der Waals surface area contributed by atoms with Crippen molar-refractivity contribution in [3.8, 4) is 0 Å². The van der Waals surface area contributed by atoms with E-state index in [1.165, 1.54) is 0 Å². The van der Waals surface area contributed by atoms with E-state index in [2.05, 4.69) is 0 Å². The molecule has 6 heteroatoms. The van der Waals surface area contributed by atoms with E-state index >= 15 is 0 Å². The predicted molar refractivity (Wildman–Crippen MR) is 67.4 cm³/mol. The van der Waals surface area contributed by atoms with Crippen LogP contribution in [0.2, 0.25) is 0 Å². The van der Waals surface area contributed by atoms with Gasteiger partial charge in [-0.15, -0.1) is 11.3 Å². The Balaban J connectivity index is 2.18. The second-order valence-electron chi connectivity index (χ2n) is 4.23. The van der Waals surface area contributed by atoms with E-state index in [-0.39, 0.29) is 6.42 Å². The van der Waals surface area contributed by atoms with Crippen molar-refractivity contribution in [2.45, 2.75) is 25.4 Å². The van der Waals surface area contributed by atoms with Gasteiger partial charge < -0.3 is 5.11 Å². The maximum absolute atomic E-state index is 12.6. The molecule has 0 spiro atoms. The number of thiophene rings is 1. The van der Waals surface area contributed by atoms with Crippen LogP contribution in [-0.4, -0.2) is 11.1 Å². The molecule has 0 unspecified atom stereocenters. The molecule has 1 aromatic carbocycles. The molecule has 2 rings (SSSR count). The molecule has 0 bridgehead atoms. The highest BCUT2D eigenvalue weighted by molar-refractivity contribution is 7.19. The van der Waals surface area contributed by atoms with Crippen molar-refractivity contribution in [2.75, 3.05) is 0 Å². The number of hydrogen-bond acceptors (Lipinski definition) is 2. The molecule has 0 fully saturated rings. The van der Waals surface area contributed by atoms with E-state index in [0.717, 1.165) is 23.0 Å². The van der Waals surface area contributed by atoms with Crippen molar-refractivity contribution in [3.63, 3.8) is 0 Å². The number of benzene rings is 1. The molecule has 0 aliphatic rings. The summed E-state index contributed by atoms with van der Waals surface area (Å²) < 4.78 is 38.3. The van der Waals surface area contributed by atoms with Crippen LogP contribution in [0.25, 0.3) is 10.1 Å². The first-order valence-corrected chi connectivity index (χ1v) is 6.49.